The number of benzene rings is 1. The van der Waals surface area contributed by atoms with Crippen molar-refractivity contribution < 1.29 is 14.3 Å². The van der Waals surface area contributed by atoms with Crippen LogP contribution < -0.4 is 20.5 Å². The maximum absolute atomic E-state index is 12.7. The lowest BCUT2D eigenvalue weighted by Gasteiger charge is -2.15. The molecule has 1 aliphatic heterocycles. The van der Waals surface area contributed by atoms with Crippen LogP contribution in [0.15, 0.2) is 29.2 Å². The fourth-order valence-electron chi connectivity index (χ4n) is 3.20. The van der Waals surface area contributed by atoms with Gasteiger partial charge in [-0.1, -0.05) is 22.9 Å². The highest BCUT2D eigenvalue weighted by Gasteiger charge is 2.25. The number of amides is 1. The second-order valence-corrected chi connectivity index (χ2v) is 8.64. The molecule has 3 aromatic rings. The monoisotopic (exact) mass is 448 g/mol. The number of anilines is 2. The van der Waals surface area contributed by atoms with Crippen molar-refractivity contribution in [3.05, 3.63) is 45.3 Å². The average molecular weight is 449 g/mol. The quantitative estimate of drug-likeness (QED) is 0.574. The van der Waals surface area contributed by atoms with Crippen molar-refractivity contribution in [2.75, 3.05) is 23.4 Å². The van der Waals surface area contributed by atoms with Crippen LogP contribution in [0.2, 0.25) is 5.02 Å². The molecule has 4 rings (SSSR count). The van der Waals surface area contributed by atoms with Crippen LogP contribution in [0.5, 0.6) is 5.75 Å². The smallest absolute Gasteiger partial charge is 0.415 e. The Kier molecular flexibility index (Phi) is 5.57. The summed E-state index contributed by atoms with van der Waals surface area (Å²) in [5.41, 5.74) is 0.994. The summed E-state index contributed by atoms with van der Waals surface area (Å²) in [6.45, 7) is 6.57. The van der Waals surface area contributed by atoms with Crippen molar-refractivity contribution in [1.82, 2.24) is 9.97 Å². The number of aromatic nitrogens is 2. The van der Waals surface area contributed by atoms with Gasteiger partial charge in [0, 0.05) is 17.0 Å². The number of H-pyrrole nitrogens is 1. The van der Waals surface area contributed by atoms with Crippen LogP contribution in [0, 0.1) is 0 Å². The van der Waals surface area contributed by atoms with Crippen LogP contribution in [0.3, 0.4) is 0 Å². The average Bonchev–Trinajstić information content (AvgIpc) is 3.30. The largest absolute Gasteiger partial charge is 0.489 e. The zero-order chi connectivity index (χ0) is 21.4. The molecule has 0 unspecified atom stereocenters. The minimum atomic E-state index is -0.373. The molecule has 30 heavy (non-hydrogen) atoms. The van der Waals surface area contributed by atoms with E-state index in [0.29, 0.717) is 45.1 Å². The Bertz CT molecular complexity index is 1160. The molecule has 2 N–H and O–H groups in total. The van der Waals surface area contributed by atoms with Gasteiger partial charge in [0.25, 0.3) is 5.56 Å². The Hall–Kier alpha value is -2.78. The molecule has 0 aliphatic carbocycles. The summed E-state index contributed by atoms with van der Waals surface area (Å²) in [4.78, 5) is 33.1. The molecule has 1 saturated heterocycles. The first-order chi connectivity index (χ1) is 14.3. The lowest BCUT2D eigenvalue weighted by molar-refractivity contribution is 0.181. The number of carbonyl (C=O) groups is 1. The number of fused-ring (bicyclic) bond motifs is 1. The first-order valence-corrected chi connectivity index (χ1v) is 10.7. The summed E-state index contributed by atoms with van der Waals surface area (Å²) in [7, 11) is 0. The lowest BCUT2D eigenvalue weighted by Crippen LogP contribution is -2.22. The third-order valence-corrected chi connectivity index (χ3v) is 5.86. The Morgan fingerprint density at radius 1 is 1.30 bits per heavy atom. The van der Waals surface area contributed by atoms with Crippen molar-refractivity contribution in [2.45, 2.75) is 32.9 Å². The molecule has 2 aromatic heterocycles. The SMILES string of the molecule is CC(C)Oc1cc2[nH]c(=O)c([C@H](C)Nc3ncc(N4CCOC4=O)s3)cc2cc1Cl. The van der Waals surface area contributed by atoms with E-state index in [0.717, 1.165) is 5.39 Å². The number of pyridine rings is 1. The third-order valence-electron chi connectivity index (χ3n) is 4.61. The summed E-state index contributed by atoms with van der Waals surface area (Å²) >= 11 is 7.67. The van der Waals surface area contributed by atoms with Gasteiger partial charge in [-0.15, -0.1) is 0 Å². The Morgan fingerprint density at radius 3 is 2.80 bits per heavy atom. The predicted molar refractivity (Wildman–Crippen MR) is 118 cm³/mol. The van der Waals surface area contributed by atoms with Crippen LogP contribution in [0.1, 0.15) is 32.4 Å². The molecular formula is C20H21ClN4O4S. The highest BCUT2D eigenvalue weighted by molar-refractivity contribution is 7.19. The second kappa shape index (κ2) is 8.16. The van der Waals surface area contributed by atoms with E-state index in [4.69, 9.17) is 21.1 Å². The molecule has 8 nitrogen and oxygen atoms in total. The molecule has 10 heteroatoms. The minimum absolute atomic E-state index is 0.0271. The van der Waals surface area contributed by atoms with Crippen LogP contribution in [-0.4, -0.2) is 35.3 Å². The zero-order valence-electron chi connectivity index (χ0n) is 16.7. The predicted octanol–water partition coefficient (Wildman–Crippen LogP) is 4.55. The molecule has 1 atom stereocenters. The molecule has 0 bridgehead atoms. The molecule has 0 saturated carbocycles. The van der Waals surface area contributed by atoms with Gasteiger partial charge in [0.2, 0.25) is 0 Å². The van der Waals surface area contributed by atoms with Crippen molar-refractivity contribution >= 4 is 50.1 Å². The topological polar surface area (TPSA) is 96.6 Å². The Balaban J connectivity index is 1.58. The summed E-state index contributed by atoms with van der Waals surface area (Å²) in [5.74, 6) is 0.532. The Labute approximate surface area is 181 Å². The summed E-state index contributed by atoms with van der Waals surface area (Å²) < 4.78 is 10.6. The normalized spacial score (nSPS) is 15.0. The standard InChI is InChI=1S/C20H21ClN4O4S/c1-10(2)29-16-8-15-12(7-14(16)21)6-13(18(26)24-15)11(3)23-19-22-9-17(30-19)25-4-5-28-20(25)27/h6-11H,4-5H2,1-3H3,(H,22,23)(H,24,26)/t11-/m0/s1. The van der Waals surface area contributed by atoms with Crippen LogP contribution >= 0.6 is 22.9 Å². The second-order valence-electron chi connectivity index (χ2n) is 7.23. The highest BCUT2D eigenvalue weighted by Crippen LogP contribution is 2.33. The van der Waals surface area contributed by atoms with E-state index in [9.17, 15) is 9.59 Å². The Morgan fingerprint density at radius 2 is 2.10 bits per heavy atom. The van der Waals surface area contributed by atoms with Gasteiger partial charge in [-0.2, -0.15) is 0 Å². The fourth-order valence-corrected chi connectivity index (χ4v) is 4.34. The number of hydrogen-bond donors (Lipinski definition) is 2. The lowest BCUT2D eigenvalue weighted by atomic mass is 10.1. The van der Waals surface area contributed by atoms with E-state index in [1.807, 2.05) is 26.8 Å². The molecule has 1 aromatic carbocycles. The van der Waals surface area contributed by atoms with Crippen molar-refractivity contribution in [1.29, 1.82) is 0 Å². The zero-order valence-corrected chi connectivity index (χ0v) is 18.3. The third kappa shape index (κ3) is 4.08. The summed E-state index contributed by atoms with van der Waals surface area (Å²) in [5, 5.41) is 5.82. The fraction of sp³-hybridized carbons (Fsp3) is 0.350. The number of cyclic esters (lactones) is 1. The van der Waals surface area contributed by atoms with E-state index < -0.39 is 0 Å². The van der Waals surface area contributed by atoms with Crippen LogP contribution in [0.25, 0.3) is 10.9 Å². The van der Waals surface area contributed by atoms with E-state index in [2.05, 4.69) is 15.3 Å². The summed E-state index contributed by atoms with van der Waals surface area (Å²) in [6, 6.07) is 5.02. The van der Waals surface area contributed by atoms with Gasteiger partial charge in [-0.05, 0) is 32.9 Å². The van der Waals surface area contributed by atoms with Gasteiger partial charge in [0.05, 0.1) is 35.4 Å². The molecule has 0 spiro atoms. The highest BCUT2D eigenvalue weighted by atomic mass is 35.5. The molecular weight excluding hydrogens is 428 g/mol. The molecule has 1 amide bonds. The number of halogens is 1. The summed E-state index contributed by atoms with van der Waals surface area (Å²) in [6.07, 6.45) is 1.22. The maximum atomic E-state index is 12.7. The van der Waals surface area contributed by atoms with E-state index in [1.54, 1.807) is 18.3 Å². The van der Waals surface area contributed by atoms with Gasteiger partial charge in [-0.25, -0.2) is 9.78 Å². The molecule has 158 valence electrons. The van der Waals surface area contributed by atoms with Gasteiger partial charge in [0.1, 0.15) is 17.4 Å². The number of thiazole rings is 1. The van der Waals surface area contributed by atoms with Crippen molar-refractivity contribution in [2.24, 2.45) is 0 Å². The number of ether oxygens (including phenoxy) is 2. The van der Waals surface area contributed by atoms with Crippen molar-refractivity contribution in [3.63, 3.8) is 0 Å². The first-order valence-electron chi connectivity index (χ1n) is 9.51. The van der Waals surface area contributed by atoms with Crippen molar-refractivity contribution in [3.8, 4) is 5.75 Å². The first kappa shape index (κ1) is 20.5. The number of carbonyl (C=O) groups excluding carboxylic acids is 1. The van der Waals surface area contributed by atoms with Gasteiger partial charge in [-0.3, -0.25) is 9.69 Å². The number of nitrogens with one attached hydrogen (secondary N) is 2. The number of aromatic amines is 1. The molecule has 1 fully saturated rings. The number of rotatable bonds is 6. The maximum Gasteiger partial charge on any atom is 0.415 e. The molecule has 3 heterocycles. The van der Waals surface area contributed by atoms with Crippen LogP contribution in [-0.2, 0) is 4.74 Å². The van der Waals surface area contributed by atoms with Gasteiger partial charge >= 0.3 is 6.09 Å². The minimum Gasteiger partial charge on any atom is -0.489 e. The van der Waals surface area contributed by atoms with Crippen LogP contribution in [0.4, 0.5) is 14.9 Å². The van der Waals surface area contributed by atoms with Gasteiger partial charge in [0.15, 0.2) is 5.13 Å². The number of nitrogens with zero attached hydrogens (tertiary/aromatic N) is 2. The van der Waals surface area contributed by atoms with E-state index in [1.165, 1.54) is 16.2 Å². The van der Waals surface area contributed by atoms with Gasteiger partial charge < -0.3 is 19.8 Å². The van der Waals surface area contributed by atoms with E-state index >= 15 is 0 Å². The van der Waals surface area contributed by atoms with E-state index in [-0.39, 0.29) is 23.8 Å². The molecule has 0 radical (unpaired) electrons. The molecule has 1 aliphatic rings. The number of hydrogen-bond acceptors (Lipinski definition) is 7.